The molecule has 3 rings (SSSR count). The molecule has 1 aliphatic heterocycles. The highest BCUT2D eigenvalue weighted by Crippen LogP contribution is 2.24. The van der Waals surface area contributed by atoms with Gasteiger partial charge in [0.25, 0.3) is 5.91 Å². The molecule has 1 aliphatic rings. The van der Waals surface area contributed by atoms with Crippen molar-refractivity contribution in [2.24, 2.45) is 11.7 Å². The van der Waals surface area contributed by atoms with E-state index in [-0.39, 0.29) is 11.8 Å². The van der Waals surface area contributed by atoms with Gasteiger partial charge in [0.1, 0.15) is 5.82 Å². The van der Waals surface area contributed by atoms with E-state index in [1.165, 1.54) is 6.20 Å². The van der Waals surface area contributed by atoms with Gasteiger partial charge in [-0.25, -0.2) is 4.98 Å². The summed E-state index contributed by atoms with van der Waals surface area (Å²) in [5, 5.41) is 7.15. The van der Waals surface area contributed by atoms with Crippen LogP contribution in [0.4, 0.5) is 11.5 Å². The van der Waals surface area contributed by atoms with Crippen LogP contribution in [-0.2, 0) is 4.79 Å². The number of carbonyl (C=O) groups excluding carboxylic acids is 2. The third-order valence-electron chi connectivity index (χ3n) is 5.16. The molecule has 0 bridgehead atoms. The van der Waals surface area contributed by atoms with E-state index in [9.17, 15) is 9.59 Å². The number of hydrogen-bond acceptors (Lipinski definition) is 5. The largest absolute Gasteiger partial charge is 0.384 e. The fourth-order valence-electron chi connectivity index (χ4n) is 3.43. The van der Waals surface area contributed by atoms with Crippen molar-refractivity contribution in [3.05, 3.63) is 52.1 Å². The van der Waals surface area contributed by atoms with E-state index in [2.05, 4.69) is 20.5 Å². The van der Waals surface area contributed by atoms with Crippen LogP contribution in [0.1, 0.15) is 29.6 Å². The number of hydrogen-bond donors (Lipinski definition) is 3. The second-order valence-electron chi connectivity index (χ2n) is 7.39. The van der Waals surface area contributed by atoms with Gasteiger partial charge in [-0.05, 0) is 62.2 Å². The molecule has 0 radical (unpaired) electrons. The maximum atomic E-state index is 12.8. The minimum atomic E-state index is -0.295. The topological polar surface area (TPSA) is 100 Å². The highest BCUT2D eigenvalue weighted by Gasteiger charge is 2.20. The molecule has 0 spiro atoms. The lowest BCUT2D eigenvalue weighted by molar-refractivity contribution is -0.118. The Labute approximate surface area is 185 Å². The van der Waals surface area contributed by atoms with E-state index in [1.807, 2.05) is 6.07 Å². The van der Waals surface area contributed by atoms with Crippen LogP contribution in [-0.4, -0.2) is 47.9 Å². The van der Waals surface area contributed by atoms with Crippen LogP contribution in [0.2, 0.25) is 10.0 Å². The number of pyridine rings is 1. The zero-order valence-electron chi connectivity index (χ0n) is 16.5. The monoisotopic (exact) mass is 449 g/mol. The third kappa shape index (κ3) is 6.58. The summed E-state index contributed by atoms with van der Waals surface area (Å²) in [7, 11) is 0. The number of primary amides is 1. The van der Waals surface area contributed by atoms with Crippen LogP contribution >= 0.6 is 23.2 Å². The summed E-state index contributed by atoms with van der Waals surface area (Å²) >= 11 is 12.0. The van der Waals surface area contributed by atoms with Crippen LogP contribution in [0.15, 0.2) is 36.5 Å². The molecule has 1 aromatic carbocycles. The normalized spacial score (nSPS) is 15.0. The average molecular weight is 450 g/mol. The van der Waals surface area contributed by atoms with Gasteiger partial charge >= 0.3 is 0 Å². The van der Waals surface area contributed by atoms with Gasteiger partial charge < -0.3 is 21.3 Å². The zero-order valence-corrected chi connectivity index (χ0v) is 18.0. The van der Waals surface area contributed by atoms with Crippen LogP contribution in [0, 0.1) is 5.92 Å². The summed E-state index contributed by atoms with van der Waals surface area (Å²) in [6.45, 7) is 3.35. The molecule has 0 aliphatic carbocycles. The lowest BCUT2D eigenvalue weighted by Gasteiger charge is -2.32. The van der Waals surface area contributed by atoms with Gasteiger partial charge in [-0.15, -0.1) is 0 Å². The van der Waals surface area contributed by atoms with Crippen LogP contribution in [0.5, 0.6) is 0 Å². The van der Waals surface area contributed by atoms with Crippen molar-refractivity contribution in [1.29, 1.82) is 0 Å². The van der Waals surface area contributed by atoms with Gasteiger partial charge in [-0.2, -0.15) is 0 Å². The van der Waals surface area contributed by atoms with Crippen molar-refractivity contribution in [3.8, 4) is 0 Å². The summed E-state index contributed by atoms with van der Waals surface area (Å²) in [4.78, 5) is 30.1. The Morgan fingerprint density at radius 3 is 2.53 bits per heavy atom. The number of nitrogens with zero attached hydrogens (tertiary/aromatic N) is 2. The number of amides is 2. The van der Waals surface area contributed by atoms with Gasteiger partial charge in [-0.1, -0.05) is 23.2 Å². The summed E-state index contributed by atoms with van der Waals surface area (Å²) in [5.74, 6) is 0.343. The SMILES string of the molecule is NC(=O)CCN1CCC(CNc2ccc(Cl)cc2C(=O)Nc2ccc(Cl)cn2)CC1. The van der Waals surface area contributed by atoms with Crippen LogP contribution in [0.3, 0.4) is 0 Å². The molecule has 2 amide bonds. The number of likely N-dealkylation sites (tertiary alicyclic amines) is 1. The predicted octanol–water partition coefficient (Wildman–Crippen LogP) is 3.64. The van der Waals surface area contributed by atoms with E-state index >= 15 is 0 Å². The van der Waals surface area contributed by atoms with Gasteiger partial charge in [0.05, 0.1) is 10.6 Å². The fourth-order valence-corrected chi connectivity index (χ4v) is 3.71. The van der Waals surface area contributed by atoms with E-state index in [4.69, 9.17) is 28.9 Å². The molecule has 4 N–H and O–H groups in total. The molecule has 9 heteroatoms. The molecular weight excluding hydrogens is 425 g/mol. The summed E-state index contributed by atoms with van der Waals surface area (Å²) in [6, 6.07) is 8.52. The predicted molar refractivity (Wildman–Crippen MR) is 120 cm³/mol. The highest BCUT2D eigenvalue weighted by molar-refractivity contribution is 6.31. The van der Waals surface area contributed by atoms with Crippen LogP contribution < -0.4 is 16.4 Å². The zero-order chi connectivity index (χ0) is 21.5. The lowest BCUT2D eigenvalue weighted by Crippen LogP contribution is -2.37. The van der Waals surface area contributed by atoms with Gasteiger partial charge in [0.15, 0.2) is 0 Å². The number of carbonyl (C=O) groups is 2. The van der Waals surface area contributed by atoms with Crippen molar-refractivity contribution in [2.75, 3.05) is 36.8 Å². The van der Waals surface area contributed by atoms with Crippen molar-refractivity contribution in [1.82, 2.24) is 9.88 Å². The Bertz CT molecular complexity index is 883. The second kappa shape index (κ2) is 10.6. The Morgan fingerprint density at radius 2 is 1.87 bits per heavy atom. The fraction of sp³-hybridized carbons (Fsp3) is 0.381. The van der Waals surface area contributed by atoms with E-state index < -0.39 is 0 Å². The molecule has 160 valence electrons. The first-order valence-corrected chi connectivity index (χ1v) is 10.6. The molecule has 1 saturated heterocycles. The first-order chi connectivity index (χ1) is 14.4. The summed E-state index contributed by atoms with van der Waals surface area (Å²) in [6.07, 6.45) is 3.92. The molecule has 7 nitrogen and oxygen atoms in total. The third-order valence-corrected chi connectivity index (χ3v) is 5.62. The maximum absolute atomic E-state index is 12.8. The molecular formula is C21H25Cl2N5O2. The number of anilines is 2. The van der Waals surface area contributed by atoms with Crippen LogP contribution in [0.25, 0.3) is 0 Å². The molecule has 1 fully saturated rings. The number of benzene rings is 1. The molecule has 2 heterocycles. The Kier molecular flexibility index (Phi) is 7.90. The van der Waals surface area contributed by atoms with E-state index in [0.29, 0.717) is 33.8 Å². The molecule has 0 unspecified atom stereocenters. The lowest BCUT2D eigenvalue weighted by atomic mass is 9.96. The quantitative estimate of drug-likeness (QED) is 0.570. The van der Waals surface area contributed by atoms with Crippen molar-refractivity contribution >= 4 is 46.5 Å². The first-order valence-electron chi connectivity index (χ1n) is 9.87. The van der Waals surface area contributed by atoms with E-state index in [0.717, 1.165) is 44.7 Å². The molecule has 1 aromatic heterocycles. The van der Waals surface area contributed by atoms with Gasteiger partial charge in [-0.3, -0.25) is 9.59 Å². The summed E-state index contributed by atoms with van der Waals surface area (Å²) < 4.78 is 0. The number of rotatable bonds is 8. The highest BCUT2D eigenvalue weighted by atomic mass is 35.5. The van der Waals surface area contributed by atoms with Gasteiger partial charge in [0.2, 0.25) is 5.91 Å². The molecule has 2 aromatic rings. The molecule has 0 saturated carbocycles. The number of nitrogens with two attached hydrogens (primary N) is 1. The molecule has 0 atom stereocenters. The maximum Gasteiger partial charge on any atom is 0.258 e. The number of piperidine rings is 1. The Hall–Kier alpha value is -2.35. The number of nitrogens with one attached hydrogen (secondary N) is 2. The number of aromatic nitrogens is 1. The number of halogens is 2. The minimum absolute atomic E-state index is 0.263. The Morgan fingerprint density at radius 1 is 1.13 bits per heavy atom. The molecule has 30 heavy (non-hydrogen) atoms. The van der Waals surface area contributed by atoms with Crippen molar-refractivity contribution in [3.63, 3.8) is 0 Å². The van der Waals surface area contributed by atoms with Crippen molar-refractivity contribution < 1.29 is 9.59 Å². The summed E-state index contributed by atoms with van der Waals surface area (Å²) in [5.41, 5.74) is 6.41. The Balaban J connectivity index is 1.57. The average Bonchev–Trinajstić information content (AvgIpc) is 2.73. The van der Waals surface area contributed by atoms with Gasteiger partial charge in [0, 0.05) is 36.4 Å². The van der Waals surface area contributed by atoms with Crippen molar-refractivity contribution in [2.45, 2.75) is 19.3 Å². The van der Waals surface area contributed by atoms with E-state index in [1.54, 1.807) is 24.3 Å². The minimum Gasteiger partial charge on any atom is -0.384 e. The standard InChI is InChI=1S/C21H25Cl2N5O2/c22-15-1-3-18(17(11-15)21(30)27-20-4-2-16(23)13-26-20)25-12-14-5-8-28(9-6-14)10-7-19(24)29/h1-4,11,13-14,25H,5-10,12H2,(H2,24,29)(H,26,27,30). The smallest absolute Gasteiger partial charge is 0.258 e. The first kappa shape index (κ1) is 22.3. The second-order valence-corrected chi connectivity index (χ2v) is 8.26.